The van der Waals surface area contributed by atoms with E-state index in [1.165, 1.54) is 0 Å². The van der Waals surface area contributed by atoms with Crippen LogP contribution in [0.15, 0.2) is 18.2 Å². The largest absolute Gasteiger partial charge is 0.444 e. The maximum Gasteiger partial charge on any atom is 0.411 e. The third-order valence-corrected chi connectivity index (χ3v) is 11.1. The van der Waals surface area contributed by atoms with Gasteiger partial charge in [0.2, 0.25) is 0 Å². The molecule has 0 spiro atoms. The third-order valence-electron chi connectivity index (χ3n) is 6.62. The fraction of sp³-hybridized carbons (Fsp3) is 0.720. The van der Waals surface area contributed by atoms with Crippen molar-refractivity contribution in [1.29, 1.82) is 0 Å². The van der Waals surface area contributed by atoms with Gasteiger partial charge in [-0.3, -0.25) is 4.90 Å². The van der Waals surface area contributed by atoms with Gasteiger partial charge in [0.1, 0.15) is 5.60 Å². The molecule has 0 saturated carbocycles. The van der Waals surface area contributed by atoms with E-state index >= 15 is 0 Å². The summed E-state index contributed by atoms with van der Waals surface area (Å²) in [5, 5.41) is 10.9. The summed E-state index contributed by atoms with van der Waals surface area (Å²) in [7, 11) is -1.99. The molecule has 0 radical (unpaired) electrons. The number of carbonyl (C=O) groups is 1. The minimum Gasteiger partial charge on any atom is -0.444 e. The summed E-state index contributed by atoms with van der Waals surface area (Å²) in [6.45, 7) is 22.9. The number of benzene rings is 1. The third kappa shape index (κ3) is 5.91. The fourth-order valence-corrected chi connectivity index (χ4v) is 4.92. The van der Waals surface area contributed by atoms with Crippen LogP contribution in [0.1, 0.15) is 85.0 Å². The lowest BCUT2D eigenvalue weighted by Crippen LogP contribution is -2.53. The number of rotatable bonds is 4. The molecule has 1 aliphatic heterocycles. The zero-order valence-corrected chi connectivity index (χ0v) is 22.4. The Morgan fingerprint density at radius 3 is 2.19 bits per heavy atom. The Morgan fingerprint density at radius 2 is 1.71 bits per heavy atom. The molecule has 1 heterocycles. The summed E-state index contributed by atoms with van der Waals surface area (Å²) in [6, 6.07) is 5.67. The van der Waals surface area contributed by atoms with Crippen LogP contribution in [-0.4, -0.2) is 42.7 Å². The van der Waals surface area contributed by atoms with Gasteiger partial charge in [-0.25, -0.2) is 4.79 Å². The van der Waals surface area contributed by atoms with Crippen molar-refractivity contribution >= 4 is 14.4 Å². The second kappa shape index (κ2) is 8.52. The van der Waals surface area contributed by atoms with Gasteiger partial charge in [0.05, 0.1) is 24.3 Å². The van der Waals surface area contributed by atoms with E-state index in [1.807, 2.05) is 58.6 Å². The first-order valence-corrected chi connectivity index (χ1v) is 14.3. The van der Waals surface area contributed by atoms with Crippen LogP contribution in [-0.2, 0) is 21.2 Å². The van der Waals surface area contributed by atoms with Crippen LogP contribution in [0.5, 0.6) is 0 Å². The molecule has 176 valence electrons. The summed E-state index contributed by atoms with van der Waals surface area (Å²) in [4.78, 5) is 15.1. The van der Waals surface area contributed by atoms with Gasteiger partial charge < -0.3 is 14.3 Å². The number of carbonyl (C=O) groups excluding carboxylic acids is 1. The van der Waals surface area contributed by atoms with Crippen molar-refractivity contribution in [2.45, 2.75) is 110 Å². The van der Waals surface area contributed by atoms with Gasteiger partial charge in [-0.15, -0.1) is 0 Å². The van der Waals surface area contributed by atoms with E-state index in [0.29, 0.717) is 13.0 Å². The van der Waals surface area contributed by atoms with Crippen LogP contribution in [0, 0.1) is 0 Å². The number of aliphatic hydroxyl groups is 1. The summed E-state index contributed by atoms with van der Waals surface area (Å²) < 4.78 is 12.3. The van der Waals surface area contributed by atoms with E-state index in [2.05, 4.69) is 39.9 Å². The normalized spacial score (nSPS) is 20.5. The molecule has 6 heteroatoms. The highest BCUT2D eigenvalue weighted by molar-refractivity contribution is 6.74. The minimum absolute atomic E-state index is 0.0835. The van der Waals surface area contributed by atoms with Crippen molar-refractivity contribution in [2.75, 3.05) is 6.61 Å². The van der Waals surface area contributed by atoms with Crippen LogP contribution in [0.2, 0.25) is 18.1 Å². The molecular weight excluding hydrogens is 406 g/mol. The first-order valence-electron chi connectivity index (χ1n) is 11.3. The van der Waals surface area contributed by atoms with Crippen molar-refractivity contribution in [3.8, 4) is 0 Å². The lowest BCUT2D eigenvalue weighted by atomic mass is 9.81. The molecule has 2 rings (SSSR count). The zero-order valence-electron chi connectivity index (χ0n) is 21.4. The molecule has 0 fully saturated rings. The summed E-state index contributed by atoms with van der Waals surface area (Å²) in [6.07, 6.45) is 0.316. The molecule has 1 amide bonds. The van der Waals surface area contributed by atoms with E-state index < -0.39 is 19.5 Å². The van der Waals surface area contributed by atoms with Gasteiger partial charge in [0.15, 0.2) is 8.32 Å². The molecule has 31 heavy (non-hydrogen) atoms. The first kappa shape index (κ1) is 25.9. The Hall–Kier alpha value is -1.37. The first-order chi connectivity index (χ1) is 13.8. The van der Waals surface area contributed by atoms with Gasteiger partial charge in [0, 0.05) is 0 Å². The SMILES string of the molecule is C[C@H]1c2cccc(C(C)(C)O)c2C[C@H](CO[Si](C)(C)C(C)(C)C)N1C(=O)OC(C)(C)C. The van der Waals surface area contributed by atoms with Gasteiger partial charge in [0.25, 0.3) is 0 Å². The zero-order chi connectivity index (χ0) is 24.0. The molecule has 0 saturated heterocycles. The summed E-state index contributed by atoms with van der Waals surface area (Å²) in [5.41, 5.74) is 1.57. The molecular formula is C25H43NO4Si. The molecule has 0 bridgehead atoms. The van der Waals surface area contributed by atoms with Crippen LogP contribution in [0.25, 0.3) is 0 Å². The Kier molecular flexibility index (Phi) is 7.12. The second-order valence-corrected chi connectivity index (χ2v) is 16.7. The van der Waals surface area contributed by atoms with Crippen LogP contribution < -0.4 is 0 Å². The van der Waals surface area contributed by atoms with Crippen molar-refractivity contribution < 1.29 is 19.1 Å². The minimum atomic E-state index is -1.99. The number of fused-ring (bicyclic) bond motifs is 1. The van der Waals surface area contributed by atoms with E-state index in [9.17, 15) is 9.90 Å². The predicted molar refractivity (Wildman–Crippen MR) is 129 cm³/mol. The Balaban J connectivity index is 2.48. The standard InChI is InChI=1S/C25H43NO4Si/c1-17-19-13-12-14-21(25(8,9)28)20(19)15-18(16-29-31(10,11)24(5,6)7)26(17)22(27)30-23(2,3)4/h12-14,17-18,28H,15-16H2,1-11H3/t17-,18+/m0/s1. The van der Waals surface area contributed by atoms with Crippen molar-refractivity contribution in [3.63, 3.8) is 0 Å². The molecule has 5 nitrogen and oxygen atoms in total. The number of ether oxygens (including phenoxy) is 1. The van der Waals surface area contributed by atoms with Crippen LogP contribution in [0.3, 0.4) is 0 Å². The molecule has 1 N–H and O–H groups in total. The van der Waals surface area contributed by atoms with E-state index in [0.717, 1.165) is 16.7 Å². The molecule has 1 aliphatic rings. The van der Waals surface area contributed by atoms with Crippen LogP contribution >= 0.6 is 0 Å². The lowest BCUT2D eigenvalue weighted by molar-refractivity contribution is -0.00415. The van der Waals surface area contributed by atoms with Crippen LogP contribution in [0.4, 0.5) is 4.79 Å². The van der Waals surface area contributed by atoms with Crippen molar-refractivity contribution in [3.05, 3.63) is 34.9 Å². The van der Waals surface area contributed by atoms with Crippen molar-refractivity contribution in [2.24, 2.45) is 0 Å². The van der Waals surface area contributed by atoms with E-state index in [1.54, 1.807) is 0 Å². The maximum atomic E-state index is 13.3. The smallest absolute Gasteiger partial charge is 0.411 e. The molecule has 2 atom stereocenters. The monoisotopic (exact) mass is 449 g/mol. The number of amides is 1. The average Bonchev–Trinajstić information content (AvgIpc) is 2.56. The summed E-state index contributed by atoms with van der Waals surface area (Å²) >= 11 is 0. The molecule has 1 aromatic carbocycles. The highest BCUT2D eigenvalue weighted by Gasteiger charge is 2.42. The quantitative estimate of drug-likeness (QED) is 0.559. The second-order valence-electron chi connectivity index (χ2n) is 11.9. The van der Waals surface area contributed by atoms with E-state index in [-0.39, 0.29) is 23.2 Å². The van der Waals surface area contributed by atoms with Gasteiger partial charge in [-0.05, 0) is 82.8 Å². The number of hydrogen-bond acceptors (Lipinski definition) is 4. The topological polar surface area (TPSA) is 59.0 Å². The van der Waals surface area contributed by atoms with Gasteiger partial charge >= 0.3 is 6.09 Å². The lowest BCUT2D eigenvalue weighted by Gasteiger charge is -2.45. The fourth-order valence-electron chi connectivity index (χ4n) is 3.88. The highest BCUT2D eigenvalue weighted by atomic mass is 28.4. The molecule has 0 aliphatic carbocycles. The highest BCUT2D eigenvalue weighted by Crippen LogP contribution is 2.41. The number of nitrogens with zero attached hydrogens (tertiary/aromatic N) is 1. The van der Waals surface area contributed by atoms with Gasteiger partial charge in [-0.1, -0.05) is 39.0 Å². The Morgan fingerprint density at radius 1 is 1.13 bits per heavy atom. The summed E-state index contributed by atoms with van der Waals surface area (Å²) in [5.74, 6) is 0. The van der Waals surface area contributed by atoms with Gasteiger partial charge in [-0.2, -0.15) is 0 Å². The van der Waals surface area contributed by atoms with E-state index in [4.69, 9.17) is 9.16 Å². The maximum absolute atomic E-state index is 13.3. The molecule has 1 aromatic rings. The average molecular weight is 450 g/mol. The van der Waals surface area contributed by atoms with Crippen molar-refractivity contribution in [1.82, 2.24) is 4.90 Å². The molecule has 0 aromatic heterocycles. The predicted octanol–water partition coefficient (Wildman–Crippen LogP) is 6.16. The molecule has 0 unspecified atom stereocenters. The number of hydrogen-bond donors (Lipinski definition) is 1. The Labute approximate surface area is 190 Å². The Bertz CT molecular complexity index is 799.